The molecule has 0 aromatic carbocycles. The molecule has 0 amide bonds. The minimum atomic E-state index is -1.08. The van der Waals surface area contributed by atoms with E-state index in [-0.39, 0.29) is 47.1 Å². The topological polar surface area (TPSA) is 140 Å². The van der Waals surface area contributed by atoms with Crippen molar-refractivity contribution >= 4 is 70.6 Å². The monoisotopic (exact) mass is 616 g/mol. The van der Waals surface area contributed by atoms with E-state index < -0.39 is 23.9 Å². The van der Waals surface area contributed by atoms with Gasteiger partial charge >= 0.3 is 35.0 Å². The van der Waals surface area contributed by atoms with E-state index in [0.29, 0.717) is 28.3 Å². The summed E-state index contributed by atoms with van der Waals surface area (Å²) < 4.78 is 5.17. The van der Waals surface area contributed by atoms with Gasteiger partial charge in [0.25, 0.3) is 0 Å². The van der Waals surface area contributed by atoms with Gasteiger partial charge in [-0.3, -0.25) is 9.59 Å². The summed E-state index contributed by atoms with van der Waals surface area (Å²) >= 11 is 0. The molecule has 3 aromatic heterocycles. The molecule has 0 spiro atoms. The number of allylic oxidation sites excluding steroid dienone is 1. The zero-order valence-electron chi connectivity index (χ0n) is 26.6. The molecule has 10 heteroatoms. The van der Waals surface area contributed by atoms with E-state index in [0.717, 1.165) is 62.0 Å². The second-order valence-corrected chi connectivity index (χ2v) is 11.9. The van der Waals surface area contributed by atoms with Crippen LogP contribution in [0.4, 0.5) is 0 Å². The maximum Gasteiger partial charge on any atom is 2.00 e. The molecule has 230 valence electrons. The first-order chi connectivity index (χ1) is 21.0. The van der Waals surface area contributed by atoms with Gasteiger partial charge < -0.3 is 35.2 Å². The SMILES string of the molecule is C=Cc1c2[n-]c(c1C)/C=C1\[N-]C(C3=c4[n-]c(c(C)c4=C(O)[C@H]3C(=O)OC)/C=c3\[n-]/c(c(C)c3CC)=C\2)[C@@H](CCC(=O)O)[C@@H]1C.[Mg+2]. The molecule has 0 saturated carbocycles. The third-order valence-electron chi connectivity index (χ3n) is 9.67. The number of rotatable bonds is 6. The molecule has 2 N–H and O–H groups in total. The van der Waals surface area contributed by atoms with E-state index in [1.54, 1.807) is 6.08 Å². The Kier molecular flexibility index (Phi) is 8.76. The van der Waals surface area contributed by atoms with Gasteiger partial charge in [-0.15, -0.1) is 33.1 Å². The van der Waals surface area contributed by atoms with Crippen LogP contribution in [0.3, 0.4) is 0 Å². The zero-order valence-corrected chi connectivity index (χ0v) is 28.0. The van der Waals surface area contributed by atoms with E-state index in [4.69, 9.17) is 25.0 Å². The summed E-state index contributed by atoms with van der Waals surface area (Å²) in [6.07, 6.45) is 8.72. The Bertz CT molecular complexity index is 2030. The number of carboxylic acids is 1. The van der Waals surface area contributed by atoms with E-state index in [1.807, 2.05) is 39.0 Å². The summed E-state index contributed by atoms with van der Waals surface area (Å²) in [7, 11) is 1.29. The van der Waals surface area contributed by atoms with Gasteiger partial charge in [-0.2, -0.15) is 5.70 Å². The first-order valence-electron chi connectivity index (χ1n) is 15.0. The van der Waals surface area contributed by atoms with Crippen LogP contribution in [-0.4, -0.2) is 58.4 Å². The molecule has 4 atom stereocenters. The molecule has 1 fully saturated rings. The first-order valence-corrected chi connectivity index (χ1v) is 15.0. The number of nitrogens with zero attached hydrogens (tertiary/aromatic N) is 4. The Morgan fingerprint density at radius 2 is 1.69 bits per heavy atom. The number of carboxylic acid groups (broad SMARTS) is 1. The number of ether oxygens (including phenoxy) is 1. The summed E-state index contributed by atoms with van der Waals surface area (Å²) in [6.45, 7) is 14.1. The van der Waals surface area contributed by atoms with Gasteiger partial charge in [0.2, 0.25) is 0 Å². The molecule has 2 aliphatic heterocycles. The molecule has 6 rings (SSSR count). The van der Waals surface area contributed by atoms with E-state index in [9.17, 15) is 19.8 Å². The summed E-state index contributed by atoms with van der Waals surface area (Å²) in [4.78, 5) is 40.0. The number of hydrogen-bond acceptors (Lipinski definition) is 4. The quantitative estimate of drug-likeness (QED) is 0.316. The minimum absolute atomic E-state index is 0. The average Bonchev–Trinajstić information content (AvgIpc) is 3.72. The Morgan fingerprint density at radius 3 is 2.33 bits per heavy atom. The number of hydrogen-bond donors (Lipinski definition) is 2. The van der Waals surface area contributed by atoms with Gasteiger partial charge in [-0.1, -0.05) is 78.6 Å². The van der Waals surface area contributed by atoms with Crippen molar-refractivity contribution < 1.29 is 24.5 Å². The van der Waals surface area contributed by atoms with Crippen molar-refractivity contribution in [3.05, 3.63) is 83.8 Å². The third kappa shape index (κ3) is 5.08. The Hall–Kier alpha value is -3.89. The number of esters is 1. The van der Waals surface area contributed by atoms with Crippen LogP contribution in [0, 0.1) is 38.5 Å². The number of aliphatic hydroxyl groups excluding tert-OH is 1. The molecule has 5 heterocycles. The standard InChI is InChI=1S/C35H36N4O5.Mg/c1-8-19-15(3)22-12-24-17(5)21(10-11-28(40)41)32(38-24)30-31(35(43)44-7)34(42)29-18(6)25(39-33(29)30)14-27-20(9-2)16(4)23(37-27)13-26(19)36-22;/h8,12-14,17,21,31-32,42H,1,9-11H2,2-7H3,(H,40,41);/q-4;+2/b23-13-,24-12-,27-14-;/t17-,21-,31-,32?;/m0./s1. The maximum atomic E-state index is 13.2. The predicted octanol–water partition coefficient (Wildman–Crippen LogP) is 1.81. The van der Waals surface area contributed by atoms with Crippen LogP contribution >= 0.6 is 0 Å². The summed E-state index contributed by atoms with van der Waals surface area (Å²) in [5, 5.41) is 28.9. The largest absolute Gasteiger partial charge is 2.00 e. The van der Waals surface area contributed by atoms with Gasteiger partial charge in [-0.25, -0.2) is 0 Å². The second-order valence-electron chi connectivity index (χ2n) is 11.9. The van der Waals surface area contributed by atoms with E-state index in [2.05, 4.69) is 20.4 Å². The number of carbonyl (C=O) groups excluding carboxylic acids is 1. The molecular weight excluding hydrogens is 581 g/mol. The smallest absolute Gasteiger partial charge is 0.681 e. The van der Waals surface area contributed by atoms with E-state index >= 15 is 0 Å². The fraction of sp³-hybridized carbons (Fsp3) is 0.371. The van der Waals surface area contributed by atoms with Crippen LogP contribution in [0.5, 0.6) is 0 Å². The van der Waals surface area contributed by atoms with Crippen LogP contribution in [0.25, 0.3) is 41.0 Å². The third-order valence-corrected chi connectivity index (χ3v) is 9.67. The molecule has 1 unspecified atom stereocenters. The maximum absolute atomic E-state index is 13.2. The van der Waals surface area contributed by atoms with Crippen molar-refractivity contribution in [1.82, 2.24) is 15.0 Å². The van der Waals surface area contributed by atoms with Crippen LogP contribution < -0.4 is 36.2 Å². The zero-order chi connectivity index (χ0) is 31.6. The number of aromatic nitrogens is 3. The van der Waals surface area contributed by atoms with Crippen LogP contribution in [0.1, 0.15) is 71.6 Å². The van der Waals surface area contributed by atoms with Crippen LogP contribution in [-0.2, 0) is 20.7 Å². The molecule has 8 bridgehead atoms. The first kappa shape index (κ1) is 32.5. The van der Waals surface area contributed by atoms with Crippen molar-refractivity contribution in [2.45, 2.75) is 59.9 Å². The summed E-state index contributed by atoms with van der Waals surface area (Å²) in [5.41, 5.74) is 8.20. The van der Waals surface area contributed by atoms with Gasteiger partial charge in [0.1, 0.15) is 11.7 Å². The van der Waals surface area contributed by atoms with Gasteiger partial charge in [0.05, 0.1) is 7.11 Å². The Morgan fingerprint density at radius 1 is 1.00 bits per heavy atom. The van der Waals surface area contributed by atoms with Crippen LogP contribution in [0.15, 0.2) is 12.3 Å². The molecule has 3 aliphatic rings. The number of methoxy groups -OCH3 is 1. The van der Waals surface area contributed by atoms with Crippen molar-refractivity contribution in [3.63, 3.8) is 0 Å². The molecule has 45 heavy (non-hydrogen) atoms. The van der Waals surface area contributed by atoms with Gasteiger partial charge in [0.15, 0.2) is 0 Å². The van der Waals surface area contributed by atoms with Crippen molar-refractivity contribution in [2.75, 3.05) is 7.11 Å². The average molecular weight is 617 g/mol. The molecule has 3 aromatic rings. The van der Waals surface area contributed by atoms with E-state index in [1.165, 1.54) is 7.11 Å². The van der Waals surface area contributed by atoms with Crippen LogP contribution in [0.2, 0.25) is 0 Å². The van der Waals surface area contributed by atoms with Gasteiger partial charge in [0, 0.05) is 11.6 Å². The number of carbonyl (C=O) groups is 2. The number of fused-ring (bicyclic) bond motifs is 8. The fourth-order valence-electron chi connectivity index (χ4n) is 7.20. The number of aliphatic hydroxyl groups is 1. The molecular formula is C35H36MgN4O5-2. The summed E-state index contributed by atoms with van der Waals surface area (Å²) in [6, 6.07) is -0.601. The summed E-state index contributed by atoms with van der Waals surface area (Å²) in [5.74, 6) is -3.13. The van der Waals surface area contributed by atoms with Crippen molar-refractivity contribution in [1.29, 1.82) is 0 Å². The van der Waals surface area contributed by atoms with Crippen molar-refractivity contribution in [3.8, 4) is 0 Å². The predicted molar refractivity (Wildman–Crippen MR) is 174 cm³/mol. The normalized spacial score (nSPS) is 24.0. The molecule has 0 radical (unpaired) electrons. The second kappa shape index (κ2) is 12.1. The van der Waals surface area contributed by atoms with Gasteiger partial charge in [-0.05, 0) is 51.0 Å². The Balaban J connectivity index is 0.00000400. The fourth-order valence-corrected chi connectivity index (χ4v) is 7.20. The number of aliphatic carboxylic acids is 1. The van der Waals surface area contributed by atoms with Crippen molar-refractivity contribution in [2.24, 2.45) is 17.8 Å². The Labute approximate surface area is 277 Å². The molecule has 1 aliphatic carbocycles. The molecule has 1 saturated heterocycles. The molecule has 9 nitrogen and oxygen atoms in total. The minimum Gasteiger partial charge on any atom is -0.681 e.